The number of carbonyl (C=O) groups excluding carboxylic acids is 2. The number of anilines is 2. The number of halogens is 3. The van der Waals surface area contributed by atoms with Gasteiger partial charge in [0.25, 0.3) is 11.8 Å². The van der Waals surface area contributed by atoms with Crippen LogP contribution in [0.15, 0.2) is 54.7 Å². The van der Waals surface area contributed by atoms with Gasteiger partial charge in [0.15, 0.2) is 6.67 Å². The Morgan fingerprint density at radius 2 is 1.91 bits per heavy atom. The lowest BCUT2D eigenvalue weighted by molar-refractivity contribution is -0.0280. The van der Waals surface area contributed by atoms with Gasteiger partial charge in [-0.15, -0.1) is 0 Å². The third kappa shape index (κ3) is 5.04. The minimum Gasteiger partial charge on any atom is -0.322 e. The van der Waals surface area contributed by atoms with Crippen LogP contribution in [0.3, 0.4) is 0 Å². The molecular weight excluding hydrogens is 459 g/mol. The first-order valence-electron chi connectivity index (χ1n) is 11.0. The minimum atomic E-state index is -3.61. The van der Waals surface area contributed by atoms with E-state index in [2.05, 4.69) is 10.4 Å². The number of alkyl halides is 3. The molecule has 4 rings (SSSR count). The van der Waals surface area contributed by atoms with Gasteiger partial charge in [-0.25, -0.2) is 4.39 Å². The number of hydrogen-bond acceptors (Lipinski definition) is 4. The molecule has 3 aromatic rings. The topological polar surface area (TPSA) is 91.0 Å². The van der Waals surface area contributed by atoms with Gasteiger partial charge < -0.3 is 10.2 Å². The standard InChI is InChI=1S/C23H18F3N5O2.C2H6/c1-14-12-30-20(19(11-28-30)21(32)29-17-4-2-3-15(9-17)10-27)22(33)31(14)18-7-5-16(6-8-18)23(25,26)13-24;1-2/h2-9,11,14H,12-13H2,1H3,(H,29,32);1-2H3/t14-;/m0./s1. The number of rotatable bonds is 5. The van der Waals surface area contributed by atoms with Crippen molar-refractivity contribution in [1.82, 2.24) is 9.78 Å². The zero-order valence-corrected chi connectivity index (χ0v) is 19.4. The van der Waals surface area contributed by atoms with Crippen LogP contribution in [0, 0.1) is 11.3 Å². The Bertz CT molecular complexity index is 1260. The lowest BCUT2D eigenvalue weighted by Crippen LogP contribution is -2.47. The van der Waals surface area contributed by atoms with E-state index >= 15 is 0 Å². The average Bonchev–Trinajstić information content (AvgIpc) is 3.30. The molecule has 0 bridgehead atoms. The molecule has 2 amide bonds. The zero-order valence-electron chi connectivity index (χ0n) is 19.4. The number of nitrogens with one attached hydrogen (secondary N) is 1. The predicted octanol–water partition coefficient (Wildman–Crippen LogP) is 5.14. The molecule has 2 heterocycles. The van der Waals surface area contributed by atoms with Crippen LogP contribution in [0.2, 0.25) is 0 Å². The van der Waals surface area contributed by atoms with Crippen molar-refractivity contribution >= 4 is 23.2 Å². The Kier molecular flexibility index (Phi) is 7.59. The van der Waals surface area contributed by atoms with E-state index in [1.807, 2.05) is 19.9 Å². The first-order chi connectivity index (χ1) is 16.7. The summed E-state index contributed by atoms with van der Waals surface area (Å²) in [5.74, 6) is -4.71. The summed E-state index contributed by atoms with van der Waals surface area (Å²) in [7, 11) is 0. The van der Waals surface area contributed by atoms with Crippen molar-refractivity contribution in [1.29, 1.82) is 5.26 Å². The second-order valence-electron chi connectivity index (χ2n) is 7.64. The molecule has 1 aromatic heterocycles. The van der Waals surface area contributed by atoms with Gasteiger partial charge in [0, 0.05) is 16.9 Å². The summed E-state index contributed by atoms with van der Waals surface area (Å²) in [5.41, 5.74) is 0.696. The summed E-state index contributed by atoms with van der Waals surface area (Å²) in [6, 6.07) is 12.7. The van der Waals surface area contributed by atoms with Crippen LogP contribution < -0.4 is 10.2 Å². The van der Waals surface area contributed by atoms with Crippen LogP contribution in [0.4, 0.5) is 24.5 Å². The fourth-order valence-electron chi connectivity index (χ4n) is 3.74. The van der Waals surface area contributed by atoms with Gasteiger partial charge in [-0.2, -0.15) is 19.1 Å². The summed E-state index contributed by atoms with van der Waals surface area (Å²) in [5, 5.41) is 15.8. The van der Waals surface area contributed by atoms with Gasteiger partial charge >= 0.3 is 5.92 Å². The lowest BCUT2D eigenvalue weighted by Gasteiger charge is -2.34. The number of amides is 2. The van der Waals surface area contributed by atoms with Crippen molar-refractivity contribution in [2.24, 2.45) is 0 Å². The molecule has 1 aliphatic heterocycles. The Balaban J connectivity index is 0.00000167. The first-order valence-corrected chi connectivity index (χ1v) is 11.0. The van der Waals surface area contributed by atoms with E-state index in [9.17, 15) is 22.8 Å². The third-order valence-corrected chi connectivity index (χ3v) is 5.37. The second-order valence-corrected chi connectivity index (χ2v) is 7.64. The lowest BCUT2D eigenvalue weighted by atomic mass is 10.1. The van der Waals surface area contributed by atoms with E-state index in [0.29, 0.717) is 16.9 Å². The summed E-state index contributed by atoms with van der Waals surface area (Å²) in [6.45, 7) is 4.22. The van der Waals surface area contributed by atoms with Gasteiger partial charge in [0.1, 0.15) is 5.69 Å². The largest absolute Gasteiger partial charge is 0.322 e. The van der Waals surface area contributed by atoms with Crippen molar-refractivity contribution < 1.29 is 22.8 Å². The van der Waals surface area contributed by atoms with Crippen molar-refractivity contribution in [3.8, 4) is 6.07 Å². The summed E-state index contributed by atoms with van der Waals surface area (Å²) in [6.07, 6.45) is 1.29. The maximum Gasteiger partial charge on any atom is 0.301 e. The number of nitrogens with zero attached hydrogens (tertiary/aromatic N) is 4. The molecule has 182 valence electrons. The molecule has 0 radical (unpaired) electrons. The fraction of sp³-hybridized carbons (Fsp3) is 0.280. The molecular formula is C25H24F3N5O2. The molecule has 0 fully saturated rings. The van der Waals surface area contributed by atoms with E-state index in [-0.39, 0.29) is 23.8 Å². The van der Waals surface area contributed by atoms with Gasteiger partial charge in [-0.1, -0.05) is 32.0 Å². The number of nitriles is 1. The fourth-order valence-corrected chi connectivity index (χ4v) is 3.74. The molecule has 1 atom stereocenters. The number of fused-ring (bicyclic) bond motifs is 1. The highest BCUT2D eigenvalue weighted by Gasteiger charge is 2.37. The van der Waals surface area contributed by atoms with Gasteiger partial charge in [-0.05, 0) is 37.3 Å². The molecule has 35 heavy (non-hydrogen) atoms. The van der Waals surface area contributed by atoms with Crippen molar-refractivity contribution in [3.05, 3.63) is 77.1 Å². The van der Waals surface area contributed by atoms with E-state index in [0.717, 1.165) is 12.1 Å². The highest BCUT2D eigenvalue weighted by molar-refractivity contribution is 6.15. The van der Waals surface area contributed by atoms with Crippen LogP contribution in [0.1, 0.15) is 52.7 Å². The first kappa shape index (κ1) is 25.5. The normalized spacial score (nSPS) is 14.9. The third-order valence-electron chi connectivity index (χ3n) is 5.37. The monoisotopic (exact) mass is 483 g/mol. The predicted molar refractivity (Wildman–Crippen MR) is 125 cm³/mol. The summed E-state index contributed by atoms with van der Waals surface area (Å²) >= 11 is 0. The van der Waals surface area contributed by atoms with Crippen LogP contribution in [-0.2, 0) is 12.5 Å². The summed E-state index contributed by atoms with van der Waals surface area (Å²) < 4.78 is 41.2. The van der Waals surface area contributed by atoms with E-state index < -0.39 is 30.0 Å². The molecule has 1 N–H and O–H groups in total. The minimum absolute atomic E-state index is 0.0415. The van der Waals surface area contributed by atoms with Crippen LogP contribution in [0.5, 0.6) is 0 Å². The summed E-state index contributed by atoms with van der Waals surface area (Å²) in [4.78, 5) is 27.6. The molecule has 0 aliphatic carbocycles. The van der Waals surface area contributed by atoms with E-state index in [1.165, 1.54) is 34.0 Å². The highest BCUT2D eigenvalue weighted by Crippen LogP contribution is 2.32. The second kappa shape index (κ2) is 10.4. The van der Waals surface area contributed by atoms with Crippen molar-refractivity contribution in [2.75, 3.05) is 16.9 Å². The van der Waals surface area contributed by atoms with Crippen molar-refractivity contribution in [2.45, 2.75) is 39.3 Å². The number of benzene rings is 2. The Labute approximate surface area is 200 Å². The number of hydrogen-bond donors (Lipinski definition) is 1. The molecule has 1 aliphatic rings. The van der Waals surface area contributed by atoms with E-state index in [1.54, 1.807) is 25.1 Å². The van der Waals surface area contributed by atoms with Gasteiger partial charge in [-0.3, -0.25) is 14.3 Å². The van der Waals surface area contributed by atoms with Gasteiger partial charge in [0.05, 0.1) is 36.0 Å². The zero-order chi connectivity index (χ0) is 25.8. The molecule has 0 saturated carbocycles. The molecule has 2 aromatic carbocycles. The quantitative estimate of drug-likeness (QED) is 0.544. The van der Waals surface area contributed by atoms with Crippen molar-refractivity contribution in [3.63, 3.8) is 0 Å². The Morgan fingerprint density at radius 1 is 1.23 bits per heavy atom. The average molecular weight is 483 g/mol. The smallest absolute Gasteiger partial charge is 0.301 e. The molecule has 0 saturated heterocycles. The molecule has 10 heteroatoms. The molecule has 7 nitrogen and oxygen atoms in total. The SMILES string of the molecule is CC.C[C@H]1Cn2ncc(C(=O)Nc3cccc(C#N)c3)c2C(=O)N1c1ccc(C(F)(F)CF)cc1. The molecule has 0 spiro atoms. The Hall–Kier alpha value is -4.13. The Morgan fingerprint density at radius 3 is 2.54 bits per heavy atom. The van der Waals surface area contributed by atoms with Crippen LogP contribution >= 0.6 is 0 Å². The number of aromatic nitrogens is 2. The van der Waals surface area contributed by atoms with Crippen LogP contribution in [-0.4, -0.2) is 34.3 Å². The highest BCUT2D eigenvalue weighted by atomic mass is 19.3. The van der Waals surface area contributed by atoms with E-state index in [4.69, 9.17) is 5.26 Å². The van der Waals surface area contributed by atoms with Gasteiger partial charge in [0.2, 0.25) is 0 Å². The number of carbonyl (C=O) groups is 2. The van der Waals surface area contributed by atoms with Crippen LogP contribution in [0.25, 0.3) is 0 Å². The maximum atomic E-state index is 13.6. The maximum absolute atomic E-state index is 13.6. The molecule has 0 unspecified atom stereocenters.